The quantitative estimate of drug-likeness (QED) is 0.668. The average Bonchev–Trinajstić information content (AvgIpc) is 1.53. The van der Waals surface area contributed by atoms with Crippen LogP contribution in [0.4, 0.5) is 0 Å². The Bertz CT molecular complexity index is 242. The van der Waals surface area contributed by atoms with Gasteiger partial charge < -0.3 is 0 Å². The first kappa shape index (κ1) is 11.1. The van der Waals surface area contributed by atoms with Crippen LogP contribution in [0, 0.1) is 0 Å². The first-order valence-electron chi connectivity index (χ1n) is 2.78. The van der Waals surface area contributed by atoms with Crippen LogP contribution in [-0.4, -0.2) is 8.42 Å². The molecule has 0 aromatic heterocycles. The van der Waals surface area contributed by atoms with E-state index in [1.54, 1.807) is 13.8 Å². The fraction of sp³-hybridized carbons (Fsp3) is 0.333. The maximum Gasteiger partial charge on any atom is 0.262 e. The van der Waals surface area contributed by atoms with Crippen molar-refractivity contribution in [2.75, 3.05) is 0 Å². The Labute approximate surface area is 74.9 Å². The molecule has 0 bridgehead atoms. The van der Waals surface area contributed by atoms with E-state index in [2.05, 4.69) is 13.2 Å². The fourth-order valence-corrected chi connectivity index (χ4v) is 5.69. The number of rotatable bonds is 4. The molecule has 0 aliphatic carbocycles. The van der Waals surface area contributed by atoms with Crippen molar-refractivity contribution in [3.8, 4) is 0 Å². The Hall–Kier alpha value is 0.130. The molecule has 0 aliphatic heterocycles. The summed E-state index contributed by atoms with van der Waals surface area (Å²) in [5, 5.41) is 0. The summed E-state index contributed by atoms with van der Waals surface area (Å²) < 4.78 is 22.1. The van der Waals surface area contributed by atoms with Crippen molar-refractivity contribution in [2.24, 2.45) is 0 Å². The van der Waals surface area contributed by atoms with Gasteiger partial charge in [0.1, 0.15) is 0 Å². The summed E-state index contributed by atoms with van der Waals surface area (Å²) in [5.74, 6) is 0. The molecule has 0 spiro atoms. The topological polar surface area (TPSA) is 34.1 Å². The maximum absolute atomic E-state index is 11.1. The lowest BCUT2D eigenvalue weighted by Gasteiger charge is -1.99. The summed E-state index contributed by atoms with van der Waals surface area (Å²) in [6.45, 7) is 10.3. The van der Waals surface area contributed by atoms with Crippen molar-refractivity contribution in [1.29, 1.82) is 0 Å². The Morgan fingerprint density at radius 3 is 1.55 bits per heavy atom. The van der Waals surface area contributed by atoms with Crippen molar-refractivity contribution < 1.29 is 8.42 Å². The molecule has 0 radical (unpaired) electrons. The lowest BCUT2D eigenvalue weighted by Crippen LogP contribution is -1.84. The van der Waals surface area contributed by atoms with E-state index in [0.717, 1.165) is 21.6 Å². The van der Waals surface area contributed by atoms with Gasteiger partial charge in [-0.15, -0.1) is 0 Å². The van der Waals surface area contributed by atoms with E-state index in [1.165, 1.54) is 0 Å². The van der Waals surface area contributed by atoms with E-state index in [-0.39, 0.29) is 0 Å². The third kappa shape index (κ3) is 6.52. The zero-order valence-electron chi connectivity index (χ0n) is 6.46. The highest BCUT2D eigenvalue weighted by Gasteiger charge is 2.12. The van der Waals surface area contributed by atoms with Crippen LogP contribution in [0.25, 0.3) is 0 Å². The fourth-order valence-electron chi connectivity index (χ4n) is 0.365. The Balaban J connectivity index is 4.25. The molecule has 0 rings (SSSR count). The average molecular weight is 210 g/mol. The second kappa shape index (κ2) is 4.23. The molecule has 5 heteroatoms. The van der Waals surface area contributed by atoms with Crippen LogP contribution in [-0.2, 0) is 7.90 Å². The Morgan fingerprint density at radius 1 is 1.09 bits per heavy atom. The Kier molecular flexibility index (Phi) is 4.28. The van der Waals surface area contributed by atoms with Crippen LogP contribution in [0.3, 0.4) is 0 Å². The maximum atomic E-state index is 11.1. The molecule has 0 fully saturated rings. The van der Waals surface area contributed by atoms with Crippen molar-refractivity contribution >= 4 is 29.5 Å². The van der Waals surface area contributed by atoms with Gasteiger partial charge in [0, 0.05) is 21.6 Å². The largest absolute Gasteiger partial charge is 0.262 e. The molecular weight excluding hydrogens is 200 g/mol. The smallest absolute Gasteiger partial charge is 0.205 e. The number of hydrogen-bond acceptors (Lipinski definition) is 4. The molecule has 0 heterocycles. The van der Waals surface area contributed by atoms with Crippen LogP contribution in [0.15, 0.2) is 23.0 Å². The second-order valence-electron chi connectivity index (χ2n) is 1.98. The predicted octanol–water partition coefficient (Wildman–Crippen LogP) is 2.76. The number of allylic oxidation sites excluding steroid dienone is 2. The minimum atomic E-state index is -3.15. The molecule has 2 nitrogen and oxygen atoms in total. The third-order valence-corrected chi connectivity index (χ3v) is 5.62. The summed E-state index contributed by atoms with van der Waals surface area (Å²) in [6, 6.07) is 0. The van der Waals surface area contributed by atoms with Crippen LogP contribution in [0.1, 0.15) is 13.8 Å². The summed E-state index contributed by atoms with van der Waals surface area (Å²) in [6.07, 6.45) is 0. The molecule has 0 N–H and O–H groups in total. The molecular formula is C6H10O2S3. The molecule has 0 aliphatic rings. The molecule has 0 aromatic carbocycles. The SMILES string of the molecule is C=C(C)SS(=O)(=O)SC(=C)C. The van der Waals surface area contributed by atoms with Crippen LogP contribution in [0.5, 0.6) is 0 Å². The summed E-state index contributed by atoms with van der Waals surface area (Å²) >= 11 is 0. The molecule has 0 aromatic rings. The molecule has 0 amide bonds. The van der Waals surface area contributed by atoms with Gasteiger partial charge in [-0.25, -0.2) is 8.42 Å². The van der Waals surface area contributed by atoms with Crippen LogP contribution >= 0.6 is 21.6 Å². The number of hydrogen-bond donors (Lipinski definition) is 0. The summed E-state index contributed by atoms with van der Waals surface area (Å²) in [4.78, 5) is 1.14. The van der Waals surface area contributed by atoms with Gasteiger partial charge in [0.15, 0.2) is 0 Å². The molecule has 0 atom stereocenters. The van der Waals surface area contributed by atoms with E-state index in [0.29, 0.717) is 9.81 Å². The van der Waals surface area contributed by atoms with E-state index in [1.807, 2.05) is 0 Å². The highest BCUT2D eigenvalue weighted by Crippen LogP contribution is 2.34. The standard InChI is InChI=1S/C6H10O2S3/c1-5(2)9-11(7,8)10-6(3)4/h1,3H2,2,4H3. The molecule has 0 saturated heterocycles. The van der Waals surface area contributed by atoms with E-state index >= 15 is 0 Å². The van der Waals surface area contributed by atoms with Crippen molar-refractivity contribution in [2.45, 2.75) is 13.8 Å². The van der Waals surface area contributed by atoms with Gasteiger partial charge >= 0.3 is 0 Å². The third-order valence-electron chi connectivity index (χ3n) is 0.489. The van der Waals surface area contributed by atoms with Crippen LogP contribution < -0.4 is 0 Å². The van der Waals surface area contributed by atoms with Crippen molar-refractivity contribution in [3.63, 3.8) is 0 Å². The van der Waals surface area contributed by atoms with E-state index in [4.69, 9.17) is 0 Å². The highest BCUT2D eigenvalue weighted by atomic mass is 33.5. The normalized spacial score (nSPS) is 11.1. The van der Waals surface area contributed by atoms with Gasteiger partial charge in [0.05, 0.1) is 0 Å². The van der Waals surface area contributed by atoms with Crippen molar-refractivity contribution in [3.05, 3.63) is 23.0 Å². The van der Waals surface area contributed by atoms with Gasteiger partial charge in [0.2, 0.25) is 0 Å². The second-order valence-corrected chi connectivity index (χ2v) is 8.79. The summed E-state index contributed by atoms with van der Waals surface area (Å²) in [7, 11) is -1.62. The Morgan fingerprint density at radius 2 is 1.36 bits per heavy atom. The first-order chi connectivity index (χ1) is 4.83. The molecule has 64 valence electrons. The van der Waals surface area contributed by atoms with Crippen LogP contribution in [0.2, 0.25) is 0 Å². The predicted molar refractivity (Wildman–Crippen MR) is 53.7 cm³/mol. The first-order valence-corrected chi connectivity index (χ1v) is 6.93. The lowest BCUT2D eigenvalue weighted by molar-refractivity contribution is 0.623. The van der Waals surface area contributed by atoms with Gasteiger partial charge in [-0.2, -0.15) is 0 Å². The van der Waals surface area contributed by atoms with Gasteiger partial charge in [-0.3, -0.25) is 0 Å². The minimum Gasteiger partial charge on any atom is -0.205 e. The van der Waals surface area contributed by atoms with E-state index < -0.39 is 7.90 Å². The molecule has 11 heavy (non-hydrogen) atoms. The monoisotopic (exact) mass is 210 g/mol. The van der Waals surface area contributed by atoms with Crippen molar-refractivity contribution in [1.82, 2.24) is 0 Å². The van der Waals surface area contributed by atoms with Gasteiger partial charge in [0.25, 0.3) is 7.90 Å². The highest BCUT2D eigenvalue weighted by molar-refractivity contribution is 9.06. The molecule has 0 unspecified atom stereocenters. The lowest BCUT2D eigenvalue weighted by atomic mass is 10.8. The zero-order chi connectivity index (χ0) is 9.07. The minimum absolute atomic E-state index is 0.568. The zero-order valence-corrected chi connectivity index (χ0v) is 8.90. The summed E-state index contributed by atoms with van der Waals surface area (Å²) in [5.41, 5.74) is 0. The molecule has 0 saturated carbocycles. The van der Waals surface area contributed by atoms with Gasteiger partial charge in [-0.05, 0) is 23.7 Å². The van der Waals surface area contributed by atoms with E-state index in [9.17, 15) is 8.42 Å². The van der Waals surface area contributed by atoms with Gasteiger partial charge in [-0.1, -0.05) is 13.2 Å².